The summed E-state index contributed by atoms with van der Waals surface area (Å²) < 4.78 is 7.42. The number of fused-ring (bicyclic) bond motifs is 1. The normalized spacial score (nSPS) is 26.1. The van der Waals surface area contributed by atoms with Crippen LogP contribution in [0.25, 0.3) is 0 Å². The number of likely N-dealkylation sites (tertiary alicyclic amines) is 1. The predicted molar refractivity (Wildman–Crippen MR) is 84.3 cm³/mol. The van der Waals surface area contributed by atoms with Crippen LogP contribution >= 0.6 is 11.6 Å². The van der Waals surface area contributed by atoms with E-state index >= 15 is 0 Å². The molecule has 0 bridgehead atoms. The summed E-state index contributed by atoms with van der Waals surface area (Å²) in [5.41, 5.74) is 1.33. The molecule has 122 valence electrons. The van der Waals surface area contributed by atoms with Crippen LogP contribution in [0.2, 0.25) is 5.15 Å². The van der Waals surface area contributed by atoms with Crippen LogP contribution in [0.3, 0.4) is 0 Å². The minimum Gasteiger partial charge on any atom is -0.375 e. The van der Waals surface area contributed by atoms with Gasteiger partial charge in [0.05, 0.1) is 30.0 Å². The summed E-state index contributed by atoms with van der Waals surface area (Å²) in [5, 5.41) is 4.77. The summed E-state index contributed by atoms with van der Waals surface area (Å²) in [6, 6.07) is 0.270. The number of aryl methyl sites for hydroxylation is 2. The zero-order chi connectivity index (χ0) is 15.9. The van der Waals surface area contributed by atoms with Gasteiger partial charge in [-0.3, -0.25) is 14.4 Å². The topological polar surface area (TPSA) is 50.6 Å². The summed E-state index contributed by atoms with van der Waals surface area (Å²) in [4.78, 5) is 17.1. The lowest BCUT2D eigenvalue weighted by Crippen LogP contribution is -2.59. The molecule has 0 aliphatic carbocycles. The lowest BCUT2D eigenvalue weighted by atomic mass is 9.98. The van der Waals surface area contributed by atoms with Gasteiger partial charge >= 0.3 is 0 Å². The predicted octanol–water partition coefficient (Wildman–Crippen LogP) is 1.18. The number of nitrogens with zero attached hydrogens (tertiary/aromatic N) is 4. The number of carbonyl (C=O) groups excluding carboxylic acids is 1. The number of halogens is 1. The SMILES string of the molecule is CCc1nn(C)c(Cl)c1C(=O)N1CCC2OCCN(C)C2C1. The van der Waals surface area contributed by atoms with Gasteiger partial charge in [0.2, 0.25) is 0 Å². The fourth-order valence-corrected chi connectivity index (χ4v) is 3.63. The Morgan fingerprint density at radius 1 is 1.41 bits per heavy atom. The van der Waals surface area contributed by atoms with Gasteiger partial charge in [0.25, 0.3) is 5.91 Å². The largest absolute Gasteiger partial charge is 0.375 e. The van der Waals surface area contributed by atoms with E-state index in [9.17, 15) is 4.79 Å². The quantitative estimate of drug-likeness (QED) is 0.819. The average Bonchev–Trinajstić information content (AvgIpc) is 2.81. The molecule has 3 heterocycles. The maximum atomic E-state index is 12.9. The minimum absolute atomic E-state index is 0.00706. The highest BCUT2D eigenvalue weighted by Gasteiger charge is 2.38. The second-order valence-electron chi connectivity index (χ2n) is 6.09. The number of aromatic nitrogens is 2. The third kappa shape index (κ3) is 2.64. The molecule has 0 spiro atoms. The van der Waals surface area contributed by atoms with E-state index in [0.717, 1.165) is 25.3 Å². The molecule has 7 heteroatoms. The molecule has 3 rings (SSSR count). The number of rotatable bonds is 2. The highest BCUT2D eigenvalue weighted by Crippen LogP contribution is 2.26. The van der Waals surface area contributed by atoms with E-state index in [4.69, 9.17) is 16.3 Å². The molecule has 1 amide bonds. The van der Waals surface area contributed by atoms with E-state index in [0.29, 0.717) is 30.2 Å². The molecule has 2 aliphatic heterocycles. The van der Waals surface area contributed by atoms with Gasteiger partial charge in [0.1, 0.15) is 5.15 Å². The highest BCUT2D eigenvalue weighted by atomic mass is 35.5. The Balaban J connectivity index is 1.81. The van der Waals surface area contributed by atoms with Gasteiger partial charge in [-0.1, -0.05) is 18.5 Å². The number of amides is 1. The van der Waals surface area contributed by atoms with Crippen molar-refractivity contribution < 1.29 is 9.53 Å². The van der Waals surface area contributed by atoms with Gasteiger partial charge in [-0.05, 0) is 19.9 Å². The molecule has 0 N–H and O–H groups in total. The van der Waals surface area contributed by atoms with E-state index in [-0.39, 0.29) is 18.1 Å². The van der Waals surface area contributed by atoms with Gasteiger partial charge in [-0.15, -0.1) is 0 Å². The van der Waals surface area contributed by atoms with Crippen molar-refractivity contribution in [2.45, 2.75) is 31.9 Å². The molecule has 0 saturated carbocycles. The number of carbonyl (C=O) groups is 1. The second-order valence-corrected chi connectivity index (χ2v) is 6.44. The van der Waals surface area contributed by atoms with E-state index in [1.165, 1.54) is 0 Å². The zero-order valence-corrected chi connectivity index (χ0v) is 14.1. The van der Waals surface area contributed by atoms with Crippen molar-refractivity contribution >= 4 is 17.5 Å². The molecule has 6 nitrogen and oxygen atoms in total. The maximum absolute atomic E-state index is 12.9. The number of ether oxygens (including phenoxy) is 1. The van der Waals surface area contributed by atoms with Crippen LogP contribution in [0, 0.1) is 0 Å². The third-order valence-corrected chi connectivity index (χ3v) is 5.18. The van der Waals surface area contributed by atoms with Crippen LogP contribution in [-0.4, -0.2) is 70.9 Å². The lowest BCUT2D eigenvalue weighted by molar-refractivity contribution is -0.0893. The molecule has 2 saturated heterocycles. The van der Waals surface area contributed by atoms with Crippen LogP contribution in [0.4, 0.5) is 0 Å². The molecule has 22 heavy (non-hydrogen) atoms. The average molecular weight is 327 g/mol. The van der Waals surface area contributed by atoms with Gasteiger partial charge in [-0.2, -0.15) is 5.10 Å². The first-order valence-corrected chi connectivity index (χ1v) is 8.23. The van der Waals surface area contributed by atoms with Crippen molar-refractivity contribution in [3.8, 4) is 0 Å². The summed E-state index contributed by atoms with van der Waals surface area (Å²) in [6.45, 7) is 5.08. The van der Waals surface area contributed by atoms with Crippen LogP contribution in [-0.2, 0) is 18.2 Å². The Morgan fingerprint density at radius 3 is 2.91 bits per heavy atom. The molecule has 2 atom stereocenters. The van der Waals surface area contributed by atoms with Crippen LogP contribution in [0.15, 0.2) is 0 Å². The Labute approximate surface area is 136 Å². The molecular weight excluding hydrogens is 304 g/mol. The Morgan fingerprint density at radius 2 is 2.18 bits per heavy atom. The summed E-state index contributed by atoms with van der Waals surface area (Å²) in [5.74, 6) is -0.00706. The smallest absolute Gasteiger partial charge is 0.258 e. The van der Waals surface area contributed by atoms with Crippen molar-refractivity contribution in [3.63, 3.8) is 0 Å². The fourth-order valence-electron chi connectivity index (χ4n) is 3.40. The molecule has 2 aliphatic rings. The molecule has 2 fully saturated rings. The first-order valence-electron chi connectivity index (χ1n) is 7.85. The molecule has 2 unspecified atom stereocenters. The molecule has 0 radical (unpaired) electrons. The molecule has 1 aromatic rings. The lowest BCUT2D eigenvalue weighted by Gasteiger charge is -2.45. The number of piperidine rings is 1. The molecule has 0 aromatic carbocycles. The number of morpholine rings is 1. The monoisotopic (exact) mass is 326 g/mol. The van der Waals surface area contributed by atoms with Gasteiger partial charge in [0.15, 0.2) is 0 Å². The van der Waals surface area contributed by atoms with Crippen molar-refractivity contribution in [1.29, 1.82) is 0 Å². The van der Waals surface area contributed by atoms with Crippen LogP contribution in [0.1, 0.15) is 29.4 Å². The summed E-state index contributed by atoms with van der Waals surface area (Å²) in [7, 11) is 3.87. The number of hydrogen-bond donors (Lipinski definition) is 0. The van der Waals surface area contributed by atoms with E-state index in [1.54, 1.807) is 11.7 Å². The maximum Gasteiger partial charge on any atom is 0.258 e. The van der Waals surface area contributed by atoms with Crippen LogP contribution in [0.5, 0.6) is 0 Å². The zero-order valence-electron chi connectivity index (χ0n) is 13.4. The Hall–Kier alpha value is -1.11. The second kappa shape index (κ2) is 6.18. The number of hydrogen-bond acceptors (Lipinski definition) is 4. The Bertz CT molecular complexity index is 574. The van der Waals surface area contributed by atoms with Crippen molar-refractivity contribution in [2.75, 3.05) is 33.3 Å². The fraction of sp³-hybridized carbons (Fsp3) is 0.733. The van der Waals surface area contributed by atoms with Crippen molar-refractivity contribution in [1.82, 2.24) is 19.6 Å². The first kappa shape index (κ1) is 15.8. The van der Waals surface area contributed by atoms with E-state index < -0.39 is 0 Å². The van der Waals surface area contributed by atoms with Crippen molar-refractivity contribution in [3.05, 3.63) is 16.4 Å². The Kier molecular flexibility index (Phi) is 4.43. The molecule has 1 aromatic heterocycles. The number of likely N-dealkylation sites (N-methyl/N-ethyl adjacent to an activating group) is 1. The first-order chi connectivity index (χ1) is 10.5. The third-order valence-electron chi connectivity index (χ3n) is 4.75. The van der Waals surface area contributed by atoms with E-state index in [1.807, 2.05) is 11.8 Å². The highest BCUT2D eigenvalue weighted by molar-refractivity contribution is 6.33. The minimum atomic E-state index is -0.00706. The van der Waals surface area contributed by atoms with Gasteiger partial charge in [0, 0.05) is 26.7 Å². The standard InChI is InChI=1S/C15H23ClN4O2/c1-4-10-13(14(16)19(3)17-10)15(21)20-6-5-12-11(9-20)18(2)7-8-22-12/h11-12H,4-9H2,1-3H3. The summed E-state index contributed by atoms with van der Waals surface area (Å²) >= 11 is 6.29. The van der Waals surface area contributed by atoms with Gasteiger partial charge in [-0.25, -0.2) is 0 Å². The van der Waals surface area contributed by atoms with E-state index in [2.05, 4.69) is 17.0 Å². The van der Waals surface area contributed by atoms with Crippen LogP contribution < -0.4 is 0 Å². The summed E-state index contributed by atoms with van der Waals surface area (Å²) in [6.07, 6.45) is 1.81. The van der Waals surface area contributed by atoms with Crippen molar-refractivity contribution in [2.24, 2.45) is 7.05 Å². The molecular formula is C15H23ClN4O2. The van der Waals surface area contributed by atoms with Gasteiger partial charge < -0.3 is 9.64 Å².